The van der Waals surface area contributed by atoms with Gasteiger partial charge in [-0.3, -0.25) is 0 Å². The summed E-state index contributed by atoms with van der Waals surface area (Å²) in [5.74, 6) is 1.90. The van der Waals surface area contributed by atoms with Crippen LogP contribution < -0.4 is 5.32 Å². The largest absolute Gasteiger partial charge is 0.389 e. The molecule has 0 heterocycles. The van der Waals surface area contributed by atoms with Crippen molar-refractivity contribution < 1.29 is 5.11 Å². The second-order valence-corrected chi connectivity index (χ2v) is 5.51. The Morgan fingerprint density at radius 2 is 2.14 bits per heavy atom. The molecule has 0 aromatic carbocycles. The second-order valence-electron chi connectivity index (χ2n) is 5.51. The summed E-state index contributed by atoms with van der Waals surface area (Å²) in [5.41, 5.74) is -0.512. The van der Waals surface area contributed by atoms with Gasteiger partial charge in [0.25, 0.3) is 0 Å². The van der Waals surface area contributed by atoms with Crippen LogP contribution in [0.5, 0.6) is 0 Å². The molecule has 0 aliphatic heterocycles. The standard InChI is InChI=1S/C12H23NO/c1-3-12(2,14)8-13-11-7-9-4-5-10(11)6-9/h9-11,13-14H,3-8H2,1-2H3. The summed E-state index contributed by atoms with van der Waals surface area (Å²) < 4.78 is 0. The van der Waals surface area contributed by atoms with E-state index in [1.165, 1.54) is 25.7 Å². The predicted molar refractivity (Wildman–Crippen MR) is 58.2 cm³/mol. The van der Waals surface area contributed by atoms with Gasteiger partial charge in [-0.25, -0.2) is 0 Å². The van der Waals surface area contributed by atoms with Crippen molar-refractivity contribution in [2.24, 2.45) is 11.8 Å². The molecule has 2 aliphatic rings. The highest BCUT2D eigenvalue weighted by atomic mass is 16.3. The Kier molecular flexibility index (Phi) is 2.85. The van der Waals surface area contributed by atoms with E-state index in [-0.39, 0.29) is 0 Å². The van der Waals surface area contributed by atoms with Crippen LogP contribution in [-0.4, -0.2) is 23.3 Å². The smallest absolute Gasteiger partial charge is 0.0741 e. The molecule has 2 N–H and O–H groups in total. The van der Waals surface area contributed by atoms with Crippen molar-refractivity contribution in [1.82, 2.24) is 5.32 Å². The van der Waals surface area contributed by atoms with Gasteiger partial charge in [0.15, 0.2) is 0 Å². The highest BCUT2D eigenvalue weighted by molar-refractivity contribution is 4.95. The summed E-state index contributed by atoms with van der Waals surface area (Å²) >= 11 is 0. The molecule has 4 atom stereocenters. The molecule has 4 unspecified atom stereocenters. The minimum Gasteiger partial charge on any atom is -0.389 e. The van der Waals surface area contributed by atoms with Gasteiger partial charge in [-0.05, 0) is 44.4 Å². The average Bonchev–Trinajstić information content (AvgIpc) is 2.76. The van der Waals surface area contributed by atoms with Crippen LogP contribution in [0.3, 0.4) is 0 Å². The number of hydrogen-bond acceptors (Lipinski definition) is 2. The Morgan fingerprint density at radius 3 is 2.64 bits per heavy atom. The Bertz CT molecular complexity index is 202. The van der Waals surface area contributed by atoms with Crippen LogP contribution in [0.25, 0.3) is 0 Å². The minimum absolute atomic E-state index is 0.512. The van der Waals surface area contributed by atoms with Crippen molar-refractivity contribution in [2.45, 2.75) is 57.6 Å². The molecule has 2 aliphatic carbocycles. The zero-order valence-electron chi connectivity index (χ0n) is 9.42. The molecule has 2 fully saturated rings. The summed E-state index contributed by atoms with van der Waals surface area (Å²) in [4.78, 5) is 0. The second kappa shape index (κ2) is 3.82. The number of rotatable bonds is 4. The Morgan fingerprint density at radius 1 is 1.36 bits per heavy atom. The van der Waals surface area contributed by atoms with Crippen molar-refractivity contribution in [3.63, 3.8) is 0 Å². The monoisotopic (exact) mass is 197 g/mol. The summed E-state index contributed by atoms with van der Waals surface area (Å²) in [5, 5.41) is 13.4. The summed E-state index contributed by atoms with van der Waals surface area (Å²) in [6.45, 7) is 4.73. The van der Waals surface area contributed by atoms with Crippen LogP contribution in [0.15, 0.2) is 0 Å². The van der Waals surface area contributed by atoms with E-state index in [0.717, 1.165) is 24.8 Å². The molecule has 0 spiro atoms. The topological polar surface area (TPSA) is 32.3 Å². The van der Waals surface area contributed by atoms with Crippen LogP contribution in [0.1, 0.15) is 46.0 Å². The predicted octanol–water partition coefficient (Wildman–Crippen LogP) is 1.93. The first-order valence-electron chi connectivity index (χ1n) is 6.06. The Labute approximate surface area is 87.1 Å². The molecular formula is C12H23NO. The van der Waals surface area contributed by atoms with E-state index in [1.807, 2.05) is 13.8 Å². The average molecular weight is 197 g/mol. The van der Waals surface area contributed by atoms with Crippen molar-refractivity contribution in [3.8, 4) is 0 Å². The Balaban J connectivity index is 1.77. The minimum atomic E-state index is -0.512. The highest BCUT2D eigenvalue weighted by Crippen LogP contribution is 2.44. The Hall–Kier alpha value is -0.0800. The van der Waals surface area contributed by atoms with Gasteiger partial charge in [0.1, 0.15) is 0 Å². The SMILES string of the molecule is CCC(C)(O)CNC1CC2CCC1C2. The van der Waals surface area contributed by atoms with Crippen molar-refractivity contribution >= 4 is 0 Å². The molecule has 0 saturated heterocycles. The zero-order chi connectivity index (χ0) is 10.2. The molecule has 0 amide bonds. The maximum atomic E-state index is 9.89. The maximum Gasteiger partial charge on any atom is 0.0741 e. The molecule has 2 rings (SSSR count). The van der Waals surface area contributed by atoms with E-state index in [4.69, 9.17) is 0 Å². The molecule has 2 nitrogen and oxygen atoms in total. The third kappa shape index (κ3) is 2.12. The normalized spacial score (nSPS) is 40.1. The van der Waals surface area contributed by atoms with Gasteiger partial charge in [-0.15, -0.1) is 0 Å². The summed E-state index contributed by atoms with van der Waals surface area (Å²) in [6, 6.07) is 0.701. The zero-order valence-corrected chi connectivity index (χ0v) is 9.42. The van der Waals surface area contributed by atoms with Gasteiger partial charge in [0.2, 0.25) is 0 Å². The molecule has 2 bridgehead atoms. The van der Waals surface area contributed by atoms with Gasteiger partial charge in [0, 0.05) is 12.6 Å². The number of fused-ring (bicyclic) bond motifs is 2. The van der Waals surface area contributed by atoms with Gasteiger partial charge in [0.05, 0.1) is 5.60 Å². The molecule has 0 aromatic rings. The van der Waals surface area contributed by atoms with Crippen LogP contribution in [0, 0.1) is 11.8 Å². The van der Waals surface area contributed by atoms with E-state index in [1.54, 1.807) is 0 Å². The van der Waals surface area contributed by atoms with E-state index >= 15 is 0 Å². The van der Waals surface area contributed by atoms with Crippen molar-refractivity contribution in [2.75, 3.05) is 6.54 Å². The fraction of sp³-hybridized carbons (Fsp3) is 1.00. The summed E-state index contributed by atoms with van der Waals surface area (Å²) in [6.07, 6.45) is 6.49. The quantitative estimate of drug-likeness (QED) is 0.721. The van der Waals surface area contributed by atoms with Crippen LogP contribution >= 0.6 is 0 Å². The van der Waals surface area contributed by atoms with Crippen molar-refractivity contribution in [1.29, 1.82) is 0 Å². The van der Waals surface area contributed by atoms with Crippen LogP contribution in [-0.2, 0) is 0 Å². The molecule has 0 radical (unpaired) electrons. The first kappa shape index (κ1) is 10.4. The van der Waals surface area contributed by atoms with Crippen LogP contribution in [0.2, 0.25) is 0 Å². The van der Waals surface area contributed by atoms with Gasteiger partial charge in [-0.2, -0.15) is 0 Å². The molecular weight excluding hydrogens is 174 g/mol. The van der Waals surface area contributed by atoms with Gasteiger partial charge < -0.3 is 10.4 Å². The lowest BCUT2D eigenvalue weighted by molar-refractivity contribution is 0.0505. The fourth-order valence-corrected chi connectivity index (χ4v) is 2.97. The number of hydrogen-bond donors (Lipinski definition) is 2. The maximum absolute atomic E-state index is 9.89. The fourth-order valence-electron chi connectivity index (χ4n) is 2.97. The van der Waals surface area contributed by atoms with Crippen molar-refractivity contribution in [3.05, 3.63) is 0 Å². The van der Waals surface area contributed by atoms with Gasteiger partial charge >= 0.3 is 0 Å². The highest BCUT2D eigenvalue weighted by Gasteiger charge is 2.39. The molecule has 2 heteroatoms. The lowest BCUT2D eigenvalue weighted by atomic mass is 9.94. The van der Waals surface area contributed by atoms with E-state index in [9.17, 15) is 5.11 Å². The van der Waals surface area contributed by atoms with E-state index in [0.29, 0.717) is 6.04 Å². The number of nitrogens with one attached hydrogen (secondary N) is 1. The molecule has 82 valence electrons. The summed E-state index contributed by atoms with van der Waals surface area (Å²) in [7, 11) is 0. The third-order valence-electron chi connectivity index (χ3n) is 4.24. The first-order valence-corrected chi connectivity index (χ1v) is 6.06. The molecule has 14 heavy (non-hydrogen) atoms. The van der Waals surface area contributed by atoms with E-state index < -0.39 is 5.60 Å². The lowest BCUT2D eigenvalue weighted by Crippen LogP contribution is -2.44. The van der Waals surface area contributed by atoms with Gasteiger partial charge in [-0.1, -0.05) is 13.3 Å². The van der Waals surface area contributed by atoms with E-state index in [2.05, 4.69) is 5.32 Å². The first-order chi connectivity index (χ1) is 6.61. The third-order valence-corrected chi connectivity index (χ3v) is 4.24. The van der Waals surface area contributed by atoms with Crippen LogP contribution in [0.4, 0.5) is 0 Å². The molecule has 2 saturated carbocycles. The molecule has 0 aromatic heterocycles. The lowest BCUT2D eigenvalue weighted by Gasteiger charge is -2.28. The number of aliphatic hydroxyl groups is 1.